The van der Waals surface area contributed by atoms with Crippen LogP contribution in [0.25, 0.3) is 10.8 Å². The largest absolute Gasteiger partial charge is 0.243 e. The first kappa shape index (κ1) is 16.6. The van der Waals surface area contributed by atoms with Gasteiger partial charge in [-0.2, -0.15) is 20.0 Å². The van der Waals surface area contributed by atoms with Gasteiger partial charge in [0.15, 0.2) is 0 Å². The normalized spacial score (nSPS) is 13.2. The number of hydrogen-bond donors (Lipinski definition) is 0. The lowest BCUT2D eigenvalue weighted by atomic mass is 9.92. The third-order valence-electron chi connectivity index (χ3n) is 3.33. The number of rotatable bonds is 6. The molecule has 24 heavy (non-hydrogen) atoms. The first-order chi connectivity index (χ1) is 11.7. The molecule has 0 aliphatic heterocycles. The van der Waals surface area contributed by atoms with Gasteiger partial charge in [-0.25, -0.2) is 19.2 Å². The van der Waals surface area contributed by atoms with E-state index in [0.717, 1.165) is 5.39 Å². The molecule has 0 atom stereocenters. The number of aliphatic imine (C=N–C) groups is 4. The van der Waals surface area contributed by atoms with Gasteiger partial charge in [-0.3, -0.25) is 0 Å². The summed E-state index contributed by atoms with van der Waals surface area (Å²) in [5.74, 6) is 0. The molecule has 2 rings (SSSR count). The van der Waals surface area contributed by atoms with Crippen LogP contribution in [0.1, 0.15) is 5.56 Å². The molecule has 8 nitrogen and oxygen atoms in total. The molecule has 0 saturated heterocycles. The average Bonchev–Trinajstić information content (AvgIpc) is 2.61. The van der Waals surface area contributed by atoms with E-state index >= 15 is 0 Å². The SMILES string of the molecule is O=C=NC(N=C=O)C(N=C=O)(N=C=O)c1cccc2ccccc12. The molecule has 2 aromatic rings. The maximum Gasteiger partial charge on any atom is 0.243 e. The minimum atomic E-state index is -2.11. The molecule has 0 saturated carbocycles. The summed E-state index contributed by atoms with van der Waals surface area (Å²) < 4.78 is 0. The third-order valence-corrected chi connectivity index (χ3v) is 3.33. The Morgan fingerprint density at radius 2 is 1.33 bits per heavy atom. The Hall–Kier alpha value is -3.78. The minimum Gasteiger partial charge on any atom is -0.211 e. The Morgan fingerprint density at radius 1 is 0.750 bits per heavy atom. The number of hydrogen-bond acceptors (Lipinski definition) is 8. The predicted molar refractivity (Wildman–Crippen MR) is 81.9 cm³/mol. The highest BCUT2D eigenvalue weighted by molar-refractivity contribution is 5.87. The minimum absolute atomic E-state index is 0.218. The van der Waals surface area contributed by atoms with Crippen molar-refractivity contribution in [2.24, 2.45) is 20.0 Å². The van der Waals surface area contributed by atoms with Crippen LogP contribution in [0.2, 0.25) is 0 Å². The van der Waals surface area contributed by atoms with Crippen LogP contribution in [0, 0.1) is 0 Å². The smallest absolute Gasteiger partial charge is 0.211 e. The van der Waals surface area contributed by atoms with Crippen molar-refractivity contribution >= 4 is 35.1 Å². The summed E-state index contributed by atoms with van der Waals surface area (Å²) in [5, 5.41) is 1.30. The Labute approximate surface area is 135 Å². The molecule has 0 bridgehead atoms. The molecule has 0 aliphatic rings. The van der Waals surface area contributed by atoms with Crippen molar-refractivity contribution < 1.29 is 19.2 Å². The summed E-state index contributed by atoms with van der Waals surface area (Å²) in [6, 6.07) is 11.9. The van der Waals surface area contributed by atoms with E-state index in [4.69, 9.17) is 0 Å². The Kier molecular flexibility index (Phi) is 5.17. The molecular formula is C16H8N4O4. The molecule has 0 amide bonds. The fraction of sp³-hybridized carbons (Fsp3) is 0.125. The molecule has 2 aromatic carbocycles. The van der Waals surface area contributed by atoms with Gasteiger partial charge in [0.2, 0.25) is 36.1 Å². The van der Waals surface area contributed by atoms with Crippen molar-refractivity contribution in [1.29, 1.82) is 0 Å². The van der Waals surface area contributed by atoms with E-state index in [1.54, 1.807) is 36.4 Å². The van der Waals surface area contributed by atoms with Crippen molar-refractivity contribution in [1.82, 2.24) is 0 Å². The lowest BCUT2D eigenvalue weighted by molar-refractivity contribution is 0.376. The lowest BCUT2D eigenvalue weighted by Gasteiger charge is -2.25. The summed E-state index contributed by atoms with van der Waals surface area (Å²) in [6.45, 7) is 0. The van der Waals surface area contributed by atoms with Gasteiger partial charge in [0, 0.05) is 5.56 Å². The number of benzene rings is 2. The highest BCUT2D eigenvalue weighted by Crippen LogP contribution is 2.37. The van der Waals surface area contributed by atoms with E-state index < -0.39 is 11.8 Å². The molecule has 8 heteroatoms. The van der Waals surface area contributed by atoms with Gasteiger partial charge in [0.25, 0.3) is 0 Å². The van der Waals surface area contributed by atoms with E-state index in [2.05, 4.69) is 20.0 Å². The highest BCUT2D eigenvalue weighted by Gasteiger charge is 2.43. The molecule has 0 spiro atoms. The van der Waals surface area contributed by atoms with Crippen molar-refractivity contribution in [3.05, 3.63) is 48.0 Å². The van der Waals surface area contributed by atoms with Gasteiger partial charge in [-0.15, -0.1) is 0 Å². The summed E-state index contributed by atoms with van der Waals surface area (Å²) >= 11 is 0. The van der Waals surface area contributed by atoms with E-state index in [0.29, 0.717) is 5.39 Å². The molecule has 0 heterocycles. The lowest BCUT2D eigenvalue weighted by Crippen LogP contribution is -2.34. The molecule has 116 valence electrons. The van der Waals surface area contributed by atoms with Crippen LogP contribution >= 0.6 is 0 Å². The average molecular weight is 320 g/mol. The van der Waals surface area contributed by atoms with Crippen LogP contribution in [0.4, 0.5) is 0 Å². The first-order valence-electron chi connectivity index (χ1n) is 6.53. The van der Waals surface area contributed by atoms with Gasteiger partial charge in [0.1, 0.15) is 0 Å². The summed E-state index contributed by atoms with van der Waals surface area (Å²) in [4.78, 5) is 57.0. The fourth-order valence-corrected chi connectivity index (χ4v) is 2.39. The first-order valence-corrected chi connectivity index (χ1v) is 6.53. The number of nitrogens with zero attached hydrogens (tertiary/aromatic N) is 4. The van der Waals surface area contributed by atoms with Crippen LogP contribution < -0.4 is 0 Å². The maximum absolute atomic E-state index is 11.0. The van der Waals surface area contributed by atoms with Crippen LogP contribution in [0.5, 0.6) is 0 Å². The summed E-state index contributed by atoms with van der Waals surface area (Å²) in [5.41, 5.74) is -1.89. The molecule has 0 fully saturated rings. The molecular weight excluding hydrogens is 312 g/mol. The topological polar surface area (TPSA) is 118 Å². The zero-order chi connectivity index (χ0) is 17.4. The number of fused-ring (bicyclic) bond motifs is 1. The molecule has 0 aromatic heterocycles. The molecule has 0 radical (unpaired) electrons. The summed E-state index contributed by atoms with van der Waals surface area (Å²) in [6.07, 6.45) is 3.33. The maximum atomic E-state index is 11.0. The molecule has 0 aliphatic carbocycles. The highest BCUT2D eigenvalue weighted by atomic mass is 16.1. The summed E-state index contributed by atoms with van der Waals surface area (Å²) in [7, 11) is 0. The van der Waals surface area contributed by atoms with Gasteiger partial charge >= 0.3 is 0 Å². The van der Waals surface area contributed by atoms with Gasteiger partial charge in [-0.1, -0.05) is 42.5 Å². The Balaban J connectivity index is 2.97. The van der Waals surface area contributed by atoms with E-state index in [1.165, 1.54) is 30.4 Å². The van der Waals surface area contributed by atoms with Gasteiger partial charge < -0.3 is 0 Å². The second kappa shape index (κ2) is 7.47. The quantitative estimate of drug-likeness (QED) is 0.594. The molecule has 0 N–H and O–H groups in total. The van der Waals surface area contributed by atoms with Gasteiger partial charge in [0.05, 0.1) is 0 Å². The van der Waals surface area contributed by atoms with Crippen LogP contribution in [0.3, 0.4) is 0 Å². The zero-order valence-corrected chi connectivity index (χ0v) is 12.0. The van der Waals surface area contributed by atoms with Crippen molar-refractivity contribution in [3.63, 3.8) is 0 Å². The van der Waals surface area contributed by atoms with Crippen molar-refractivity contribution in [2.45, 2.75) is 11.8 Å². The van der Waals surface area contributed by atoms with E-state index in [-0.39, 0.29) is 5.56 Å². The molecule has 0 unspecified atom stereocenters. The van der Waals surface area contributed by atoms with Crippen LogP contribution in [-0.4, -0.2) is 30.5 Å². The van der Waals surface area contributed by atoms with E-state index in [1.807, 2.05) is 0 Å². The predicted octanol–water partition coefficient (Wildman–Crippen LogP) is 1.66. The Bertz CT molecular complexity index is 920. The van der Waals surface area contributed by atoms with Crippen LogP contribution in [-0.2, 0) is 24.8 Å². The third kappa shape index (κ3) is 2.89. The Morgan fingerprint density at radius 3 is 1.92 bits per heavy atom. The standard InChI is InChI=1S/C16H8N4O4/c21-8-17-15(18-9-22)16(19-10-23,20-11-24)14-7-3-5-12-4-1-2-6-13(12)14/h1-7,15H. The number of carbonyl (C=O) groups excluding carboxylic acids is 4. The van der Waals surface area contributed by atoms with Crippen molar-refractivity contribution in [3.8, 4) is 0 Å². The zero-order valence-electron chi connectivity index (χ0n) is 12.0. The van der Waals surface area contributed by atoms with Crippen LogP contribution in [0.15, 0.2) is 62.4 Å². The second-order valence-electron chi connectivity index (χ2n) is 4.47. The van der Waals surface area contributed by atoms with Crippen molar-refractivity contribution in [2.75, 3.05) is 0 Å². The number of isocyanates is 4. The monoisotopic (exact) mass is 320 g/mol. The second-order valence-corrected chi connectivity index (χ2v) is 4.47. The van der Waals surface area contributed by atoms with Gasteiger partial charge in [-0.05, 0) is 10.8 Å². The van der Waals surface area contributed by atoms with E-state index in [9.17, 15) is 19.2 Å². The fourth-order valence-electron chi connectivity index (χ4n) is 2.39.